The molecule has 0 radical (unpaired) electrons. The maximum atomic E-state index is 6.11. The summed E-state index contributed by atoms with van der Waals surface area (Å²) in [7, 11) is 0. The number of hydrogen-bond acceptors (Lipinski definition) is 2. The molecular formula is C17H26O2. The zero-order chi connectivity index (χ0) is 13.7. The molecular weight excluding hydrogens is 236 g/mol. The molecule has 1 aliphatic rings. The predicted molar refractivity (Wildman–Crippen MR) is 78.0 cm³/mol. The second kappa shape index (κ2) is 7.06. The molecule has 0 amide bonds. The van der Waals surface area contributed by atoms with Crippen molar-refractivity contribution >= 4 is 0 Å². The molecule has 0 spiro atoms. The van der Waals surface area contributed by atoms with Gasteiger partial charge in [0.1, 0.15) is 0 Å². The Morgan fingerprint density at radius 2 is 1.79 bits per heavy atom. The van der Waals surface area contributed by atoms with Gasteiger partial charge in [-0.1, -0.05) is 51.1 Å². The van der Waals surface area contributed by atoms with Gasteiger partial charge in [0.25, 0.3) is 0 Å². The van der Waals surface area contributed by atoms with E-state index in [0.29, 0.717) is 30.7 Å². The van der Waals surface area contributed by atoms with E-state index < -0.39 is 0 Å². The average Bonchev–Trinajstić information content (AvgIpc) is 2.89. The van der Waals surface area contributed by atoms with Gasteiger partial charge < -0.3 is 9.47 Å². The Labute approximate surface area is 117 Å². The Morgan fingerprint density at radius 1 is 1.11 bits per heavy atom. The van der Waals surface area contributed by atoms with Crippen molar-refractivity contribution < 1.29 is 9.47 Å². The summed E-state index contributed by atoms with van der Waals surface area (Å²) in [6.45, 7) is 8.20. The van der Waals surface area contributed by atoms with Crippen LogP contribution in [0.4, 0.5) is 0 Å². The Morgan fingerprint density at radius 3 is 2.42 bits per heavy atom. The summed E-state index contributed by atoms with van der Waals surface area (Å²) in [5.74, 6) is 1.11. The highest BCUT2D eigenvalue weighted by Gasteiger charge is 2.30. The topological polar surface area (TPSA) is 18.5 Å². The lowest BCUT2D eigenvalue weighted by atomic mass is 10.0. The summed E-state index contributed by atoms with van der Waals surface area (Å²) in [6, 6.07) is 10.3. The van der Waals surface area contributed by atoms with Crippen molar-refractivity contribution in [2.24, 2.45) is 11.8 Å². The van der Waals surface area contributed by atoms with Gasteiger partial charge in [-0.2, -0.15) is 0 Å². The van der Waals surface area contributed by atoms with E-state index in [4.69, 9.17) is 9.47 Å². The van der Waals surface area contributed by atoms with Gasteiger partial charge in [0.2, 0.25) is 0 Å². The SMILES string of the molecule is CC(C)[C@@H]1CC[C@H]([C@@H](C)COCc2ccccc2)O1. The predicted octanol–water partition coefficient (Wildman–Crippen LogP) is 4.04. The lowest BCUT2D eigenvalue weighted by Crippen LogP contribution is -2.24. The lowest BCUT2D eigenvalue weighted by molar-refractivity contribution is -0.0318. The molecule has 2 nitrogen and oxygen atoms in total. The highest BCUT2D eigenvalue weighted by atomic mass is 16.5. The van der Waals surface area contributed by atoms with Gasteiger partial charge in [-0.25, -0.2) is 0 Å². The second-order valence-corrected chi connectivity index (χ2v) is 6.01. The molecule has 19 heavy (non-hydrogen) atoms. The quantitative estimate of drug-likeness (QED) is 0.770. The van der Waals surface area contributed by atoms with Crippen molar-refractivity contribution in [2.45, 2.75) is 52.4 Å². The Kier molecular flexibility index (Phi) is 5.41. The lowest BCUT2D eigenvalue weighted by Gasteiger charge is -2.21. The Hall–Kier alpha value is -0.860. The maximum absolute atomic E-state index is 6.11. The molecule has 0 aromatic heterocycles. The molecule has 1 heterocycles. The first-order valence-electron chi connectivity index (χ1n) is 7.44. The van der Waals surface area contributed by atoms with E-state index in [1.807, 2.05) is 6.07 Å². The van der Waals surface area contributed by atoms with Crippen molar-refractivity contribution in [3.8, 4) is 0 Å². The summed E-state index contributed by atoms with van der Waals surface area (Å²) < 4.78 is 11.9. The molecule has 1 aliphatic heterocycles. The van der Waals surface area contributed by atoms with Gasteiger partial charge >= 0.3 is 0 Å². The standard InChI is InChI=1S/C17H26O2/c1-13(2)16-9-10-17(19-16)14(3)11-18-12-15-7-5-4-6-8-15/h4-8,13-14,16-17H,9-12H2,1-3H3/t14-,16-,17+/m0/s1. The summed E-state index contributed by atoms with van der Waals surface area (Å²) in [5, 5.41) is 0. The van der Waals surface area contributed by atoms with Crippen LogP contribution in [0.15, 0.2) is 30.3 Å². The molecule has 1 saturated heterocycles. The van der Waals surface area contributed by atoms with E-state index in [1.54, 1.807) is 0 Å². The second-order valence-electron chi connectivity index (χ2n) is 6.01. The van der Waals surface area contributed by atoms with E-state index >= 15 is 0 Å². The van der Waals surface area contributed by atoms with Crippen molar-refractivity contribution in [3.63, 3.8) is 0 Å². The first kappa shape index (κ1) is 14.5. The molecule has 106 valence electrons. The minimum absolute atomic E-state index is 0.378. The van der Waals surface area contributed by atoms with Crippen LogP contribution in [0.2, 0.25) is 0 Å². The van der Waals surface area contributed by atoms with Gasteiger partial charge in [-0.15, -0.1) is 0 Å². The minimum atomic E-state index is 0.378. The average molecular weight is 262 g/mol. The first-order chi connectivity index (χ1) is 9.16. The largest absolute Gasteiger partial charge is 0.376 e. The van der Waals surface area contributed by atoms with Crippen LogP contribution in [0.5, 0.6) is 0 Å². The third kappa shape index (κ3) is 4.32. The molecule has 0 N–H and O–H groups in total. The van der Waals surface area contributed by atoms with Gasteiger partial charge in [0.15, 0.2) is 0 Å². The molecule has 0 aliphatic carbocycles. The van der Waals surface area contributed by atoms with Gasteiger partial charge in [0, 0.05) is 5.92 Å². The van der Waals surface area contributed by atoms with E-state index in [2.05, 4.69) is 45.0 Å². The summed E-state index contributed by atoms with van der Waals surface area (Å²) in [6.07, 6.45) is 3.20. The van der Waals surface area contributed by atoms with Crippen molar-refractivity contribution in [1.29, 1.82) is 0 Å². The van der Waals surface area contributed by atoms with Crippen molar-refractivity contribution in [2.75, 3.05) is 6.61 Å². The fourth-order valence-corrected chi connectivity index (χ4v) is 2.64. The van der Waals surface area contributed by atoms with Crippen molar-refractivity contribution in [1.82, 2.24) is 0 Å². The maximum Gasteiger partial charge on any atom is 0.0717 e. The molecule has 0 saturated carbocycles. The zero-order valence-corrected chi connectivity index (χ0v) is 12.3. The molecule has 1 aromatic carbocycles. The van der Waals surface area contributed by atoms with Gasteiger partial charge in [0.05, 0.1) is 25.4 Å². The van der Waals surface area contributed by atoms with Crippen LogP contribution in [0, 0.1) is 11.8 Å². The van der Waals surface area contributed by atoms with Crippen LogP contribution in [-0.4, -0.2) is 18.8 Å². The van der Waals surface area contributed by atoms with Crippen LogP contribution in [0.1, 0.15) is 39.2 Å². The molecule has 1 fully saturated rings. The molecule has 3 atom stereocenters. The number of rotatable bonds is 6. The van der Waals surface area contributed by atoms with E-state index in [9.17, 15) is 0 Å². The van der Waals surface area contributed by atoms with E-state index in [0.717, 1.165) is 6.61 Å². The van der Waals surface area contributed by atoms with Crippen LogP contribution < -0.4 is 0 Å². The summed E-state index contributed by atoms with van der Waals surface area (Å²) in [5.41, 5.74) is 1.24. The number of hydrogen-bond donors (Lipinski definition) is 0. The number of ether oxygens (including phenoxy) is 2. The van der Waals surface area contributed by atoms with Crippen molar-refractivity contribution in [3.05, 3.63) is 35.9 Å². The first-order valence-corrected chi connectivity index (χ1v) is 7.44. The molecule has 0 unspecified atom stereocenters. The Balaban J connectivity index is 1.69. The fourth-order valence-electron chi connectivity index (χ4n) is 2.64. The highest BCUT2D eigenvalue weighted by Crippen LogP contribution is 2.29. The van der Waals surface area contributed by atoms with Crippen LogP contribution >= 0.6 is 0 Å². The van der Waals surface area contributed by atoms with Gasteiger partial charge in [-0.05, 0) is 24.3 Å². The third-order valence-corrected chi connectivity index (χ3v) is 3.96. The van der Waals surface area contributed by atoms with E-state index in [1.165, 1.54) is 18.4 Å². The van der Waals surface area contributed by atoms with Gasteiger partial charge in [-0.3, -0.25) is 0 Å². The Bertz CT molecular complexity index is 361. The number of benzene rings is 1. The summed E-state index contributed by atoms with van der Waals surface area (Å²) >= 11 is 0. The van der Waals surface area contributed by atoms with E-state index in [-0.39, 0.29) is 0 Å². The monoisotopic (exact) mass is 262 g/mol. The fraction of sp³-hybridized carbons (Fsp3) is 0.647. The smallest absolute Gasteiger partial charge is 0.0717 e. The normalized spacial score (nSPS) is 24.8. The molecule has 2 rings (SSSR count). The summed E-state index contributed by atoms with van der Waals surface area (Å²) in [4.78, 5) is 0. The van der Waals surface area contributed by atoms with Crippen LogP contribution in [0.25, 0.3) is 0 Å². The van der Waals surface area contributed by atoms with Crippen LogP contribution in [0.3, 0.4) is 0 Å². The minimum Gasteiger partial charge on any atom is -0.376 e. The third-order valence-electron chi connectivity index (χ3n) is 3.96. The highest BCUT2D eigenvalue weighted by molar-refractivity contribution is 5.13. The molecule has 2 heteroatoms. The molecule has 1 aromatic rings. The molecule has 0 bridgehead atoms. The zero-order valence-electron chi connectivity index (χ0n) is 12.3. The van der Waals surface area contributed by atoms with Crippen LogP contribution in [-0.2, 0) is 16.1 Å².